The maximum absolute atomic E-state index is 11.2. The number of aliphatic hydroxyl groups is 1. The van der Waals surface area contributed by atoms with Crippen LogP contribution in [0.1, 0.15) is 38.8 Å². The van der Waals surface area contributed by atoms with Crippen molar-refractivity contribution in [3.63, 3.8) is 0 Å². The van der Waals surface area contributed by atoms with Gasteiger partial charge in [0.1, 0.15) is 0 Å². The fourth-order valence-electron chi connectivity index (χ4n) is 5.51. The summed E-state index contributed by atoms with van der Waals surface area (Å²) in [5, 5.41) is 14.9. The number of hydrogen-bond donors (Lipinski definition) is 2. The maximum Gasteiger partial charge on any atom is 0.0625 e. The molecule has 2 saturated carbocycles. The van der Waals surface area contributed by atoms with Gasteiger partial charge in [0.2, 0.25) is 0 Å². The first-order valence-electron chi connectivity index (χ1n) is 9.54. The Labute approximate surface area is 151 Å². The molecule has 25 heavy (non-hydrogen) atoms. The summed E-state index contributed by atoms with van der Waals surface area (Å²) in [6, 6.07) is 21.2. The highest BCUT2D eigenvalue weighted by Crippen LogP contribution is 2.64. The third kappa shape index (κ3) is 2.67. The van der Waals surface area contributed by atoms with Crippen molar-refractivity contribution in [1.82, 2.24) is 0 Å². The van der Waals surface area contributed by atoms with Crippen LogP contribution >= 0.6 is 0 Å². The lowest BCUT2D eigenvalue weighted by Gasteiger charge is -2.46. The van der Waals surface area contributed by atoms with Crippen LogP contribution in [0.2, 0.25) is 0 Å². The molecule has 0 radical (unpaired) electrons. The normalized spacial score (nSPS) is 34.0. The van der Waals surface area contributed by atoms with Crippen LogP contribution in [0.4, 0.5) is 5.69 Å². The van der Waals surface area contributed by atoms with Crippen molar-refractivity contribution >= 4 is 5.69 Å². The van der Waals surface area contributed by atoms with Gasteiger partial charge in [-0.25, -0.2) is 0 Å². The third-order valence-electron chi connectivity index (χ3n) is 7.23. The van der Waals surface area contributed by atoms with Gasteiger partial charge in [0.05, 0.1) is 12.1 Å². The van der Waals surface area contributed by atoms with Crippen LogP contribution in [0.5, 0.6) is 0 Å². The molecular weight excluding hydrogens is 306 g/mol. The van der Waals surface area contributed by atoms with Gasteiger partial charge in [-0.05, 0) is 47.3 Å². The smallest absolute Gasteiger partial charge is 0.0625 e. The zero-order valence-electron chi connectivity index (χ0n) is 15.4. The van der Waals surface area contributed by atoms with E-state index >= 15 is 0 Å². The minimum atomic E-state index is -0.227. The van der Waals surface area contributed by atoms with Gasteiger partial charge in [-0.2, -0.15) is 0 Å². The molecule has 132 valence electrons. The molecule has 4 rings (SSSR count). The lowest BCUT2D eigenvalue weighted by Crippen LogP contribution is -2.46. The summed E-state index contributed by atoms with van der Waals surface area (Å²) in [6.45, 7) is 7.11. The van der Waals surface area contributed by atoms with Crippen LogP contribution in [-0.2, 0) is 0 Å². The first kappa shape index (κ1) is 16.7. The van der Waals surface area contributed by atoms with Gasteiger partial charge in [-0.1, -0.05) is 69.3 Å². The number of anilines is 1. The Bertz CT molecular complexity index is 711. The second kappa shape index (κ2) is 6.17. The molecule has 2 aromatic rings. The topological polar surface area (TPSA) is 32.3 Å². The first-order valence-corrected chi connectivity index (χ1v) is 9.54. The van der Waals surface area contributed by atoms with E-state index in [2.05, 4.69) is 80.7 Å². The van der Waals surface area contributed by atoms with Crippen LogP contribution in [-0.4, -0.2) is 11.2 Å². The van der Waals surface area contributed by atoms with Crippen molar-refractivity contribution in [1.29, 1.82) is 0 Å². The summed E-state index contributed by atoms with van der Waals surface area (Å²) in [6.07, 6.45) is 0.925. The lowest BCUT2D eigenvalue weighted by atomic mass is 9.62. The fourth-order valence-corrected chi connectivity index (χ4v) is 5.51. The number of nitrogens with one attached hydrogen (secondary N) is 1. The second-order valence-electron chi connectivity index (χ2n) is 8.58. The number of hydrogen-bond acceptors (Lipinski definition) is 2. The van der Waals surface area contributed by atoms with Gasteiger partial charge >= 0.3 is 0 Å². The van der Waals surface area contributed by atoms with Crippen molar-refractivity contribution in [2.24, 2.45) is 29.1 Å². The minimum absolute atomic E-state index is 0.139. The van der Waals surface area contributed by atoms with E-state index in [1.54, 1.807) is 0 Å². The van der Waals surface area contributed by atoms with Crippen molar-refractivity contribution in [2.45, 2.75) is 39.3 Å². The van der Waals surface area contributed by atoms with E-state index < -0.39 is 0 Å². The van der Waals surface area contributed by atoms with Crippen LogP contribution in [0.3, 0.4) is 0 Å². The number of aliphatic hydroxyl groups excluding tert-OH is 1. The Morgan fingerprint density at radius 3 is 2.20 bits per heavy atom. The molecule has 6 atom stereocenters. The lowest BCUT2D eigenvalue weighted by molar-refractivity contribution is -0.0332. The number of benzene rings is 2. The molecule has 2 aromatic carbocycles. The molecule has 2 aliphatic carbocycles. The molecule has 2 nitrogen and oxygen atoms in total. The van der Waals surface area contributed by atoms with Crippen LogP contribution in [0.25, 0.3) is 0 Å². The van der Waals surface area contributed by atoms with Gasteiger partial charge in [0.15, 0.2) is 0 Å². The largest absolute Gasteiger partial charge is 0.392 e. The van der Waals surface area contributed by atoms with Crippen LogP contribution < -0.4 is 5.32 Å². The van der Waals surface area contributed by atoms with Gasteiger partial charge in [-0.15, -0.1) is 0 Å². The van der Waals surface area contributed by atoms with Crippen molar-refractivity contribution in [3.05, 3.63) is 66.2 Å². The Kier molecular flexibility index (Phi) is 4.11. The molecule has 0 saturated heterocycles. The summed E-state index contributed by atoms with van der Waals surface area (Å²) >= 11 is 0. The average molecular weight is 335 g/mol. The molecule has 2 bridgehead atoms. The quantitative estimate of drug-likeness (QED) is 0.812. The van der Waals surface area contributed by atoms with Crippen LogP contribution in [0, 0.1) is 29.1 Å². The minimum Gasteiger partial charge on any atom is -0.392 e. The number of fused-ring (bicyclic) bond motifs is 2. The highest BCUT2D eigenvalue weighted by molar-refractivity contribution is 5.46. The third-order valence-corrected chi connectivity index (χ3v) is 7.23. The van der Waals surface area contributed by atoms with Crippen molar-refractivity contribution in [2.75, 3.05) is 5.32 Å². The molecule has 2 N–H and O–H groups in total. The van der Waals surface area contributed by atoms with E-state index in [0.717, 1.165) is 12.1 Å². The van der Waals surface area contributed by atoms with E-state index in [4.69, 9.17) is 0 Å². The maximum atomic E-state index is 11.2. The molecular formula is C23H29NO. The second-order valence-corrected chi connectivity index (χ2v) is 8.58. The van der Waals surface area contributed by atoms with E-state index in [-0.39, 0.29) is 23.5 Å². The fraction of sp³-hybridized carbons (Fsp3) is 0.478. The molecule has 0 heterocycles. The Morgan fingerprint density at radius 2 is 1.60 bits per heavy atom. The molecule has 0 spiro atoms. The van der Waals surface area contributed by atoms with E-state index in [0.29, 0.717) is 17.8 Å². The summed E-state index contributed by atoms with van der Waals surface area (Å²) in [5.41, 5.74) is 2.67. The standard InChI is InChI=1S/C23H29NO/c1-15-18-14-19(23(15,2)3)20(22(18)25)21(16-10-6-4-7-11-16)24-17-12-8-5-9-13-17/h4-13,15,18-22,24-25H,14H2,1-3H3. The monoisotopic (exact) mass is 335 g/mol. The predicted octanol–water partition coefficient (Wildman–Crippen LogP) is 5.13. The first-order chi connectivity index (χ1) is 12.0. The Morgan fingerprint density at radius 1 is 1.00 bits per heavy atom. The summed E-state index contributed by atoms with van der Waals surface area (Å²) < 4.78 is 0. The van der Waals surface area contributed by atoms with E-state index in [1.807, 2.05) is 6.07 Å². The van der Waals surface area contributed by atoms with E-state index in [9.17, 15) is 5.11 Å². The Hall–Kier alpha value is -1.80. The number of rotatable bonds is 4. The molecule has 0 aliphatic heterocycles. The van der Waals surface area contributed by atoms with Crippen molar-refractivity contribution in [3.8, 4) is 0 Å². The molecule has 0 amide bonds. The van der Waals surface area contributed by atoms with Gasteiger partial charge in [0, 0.05) is 11.6 Å². The number of para-hydroxylation sites is 1. The zero-order chi connectivity index (χ0) is 17.6. The Balaban J connectivity index is 1.71. The highest BCUT2D eigenvalue weighted by atomic mass is 16.3. The van der Waals surface area contributed by atoms with Crippen LogP contribution in [0.15, 0.2) is 60.7 Å². The zero-order valence-corrected chi connectivity index (χ0v) is 15.4. The summed E-state index contributed by atoms with van der Waals surface area (Å²) in [4.78, 5) is 0. The van der Waals surface area contributed by atoms with Gasteiger partial charge in [0.25, 0.3) is 0 Å². The SMILES string of the molecule is CC1C2CC(C(C(Nc3ccccc3)c3ccccc3)C2O)C1(C)C. The van der Waals surface area contributed by atoms with Gasteiger partial charge < -0.3 is 10.4 Å². The molecule has 0 aromatic heterocycles. The highest BCUT2D eigenvalue weighted by Gasteiger charge is 2.61. The molecule has 6 unspecified atom stereocenters. The summed E-state index contributed by atoms with van der Waals surface area (Å²) in [7, 11) is 0. The molecule has 2 heteroatoms. The van der Waals surface area contributed by atoms with E-state index in [1.165, 1.54) is 5.56 Å². The average Bonchev–Trinajstić information content (AvgIpc) is 3.08. The van der Waals surface area contributed by atoms with Gasteiger partial charge in [-0.3, -0.25) is 0 Å². The van der Waals surface area contributed by atoms with Crippen molar-refractivity contribution < 1.29 is 5.11 Å². The molecule has 2 fully saturated rings. The predicted molar refractivity (Wildman–Crippen MR) is 103 cm³/mol. The summed E-state index contributed by atoms with van der Waals surface area (Å²) in [5.74, 6) is 1.80. The molecule has 2 aliphatic rings.